The average Bonchev–Trinajstić information content (AvgIpc) is 3.24. The summed E-state index contributed by atoms with van der Waals surface area (Å²) in [5.74, 6) is 0.904. The zero-order chi connectivity index (χ0) is 16.5. The Bertz CT molecular complexity index is 853. The quantitative estimate of drug-likeness (QED) is 0.685. The van der Waals surface area contributed by atoms with Crippen LogP contribution in [0.25, 0.3) is 5.65 Å². The van der Waals surface area contributed by atoms with Gasteiger partial charge in [-0.25, -0.2) is 9.50 Å². The van der Waals surface area contributed by atoms with E-state index in [0.717, 1.165) is 29.9 Å². The molecule has 1 amide bonds. The molecule has 0 bridgehead atoms. The second-order valence-electron chi connectivity index (χ2n) is 5.75. The van der Waals surface area contributed by atoms with Crippen molar-refractivity contribution in [3.63, 3.8) is 0 Å². The fourth-order valence-electron chi connectivity index (χ4n) is 2.85. The van der Waals surface area contributed by atoms with Gasteiger partial charge in [0.2, 0.25) is 0 Å². The van der Waals surface area contributed by atoms with Gasteiger partial charge in [0.05, 0.1) is 17.3 Å². The number of nitrogens with zero attached hydrogens (tertiary/aromatic N) is 5. The monoisotopic (exact) mass is 389 g/mol. The third-order valence-corrected chi connectivity index (χ3v) is 4.53. The van der Waals surface area contributed by atoms with Gasteiger partial charge in [0.1, 0.15) is 5.76 Å². The maximum atomic E-state index is 12.7. The summed E-state index contributed by atoms with van der Waals surface area (Å²) in [7, 11) is 0. The number of carbonyl (C=O) groups excluding carboxylic acids is 1. The molecule has 124 valence electrons. The summed E-state index contributed by atoms with van der Waals surface area (Å²) in [5.41, 5.74) is 1.10. The Morgan fingerprint density at radius 3 is 2.88 bits per heavy atom. The van der Waals surface area contributed by atoms with Crippen molar-refractivity contribution >= 4 is 27.5 Å². The predicted octanol–water partition coefficient (Wildman–Crippen LogP) is 2.04. The first-order valence-electron chi connectivity index (χ1n) is 7.74. The molecule has 1 saturated heterocycles. The van der Waals surface area contributed by atoms with Crippen molar-refractivity contribution < 1.29 is 9.21 Å². The van der Waals surface area contributed by atoms with Gasteiger partial charge < -0.3 is 9.32 Å². The van der Waals surface area contributed by atoms with Crippen LogP contribution in [0.2, 0.25) is 0 Å². The first-order valence-corrected chi connectivity index (χ1v) is 8.53. The maximum absolute atomic E-state index is 12.7. The smallest absolute Gasteiger partial charge is 0.274 e. The zero-order valence-corrected chi connectivity index (χ0v) is 14.5. The molecular weight excluding hydrogens is 374 g/mol. The molecule has 8 heteroatoms. The first-order chi connectivity index (χ1) is 11.7. The molecule has 0 aromatic carbocycles. The van der Waals surface area contributed by atoms with Crippen LogP contribution in [0.1, 0.15) is 16.2 Å². The van der Waals surface area contributed by atoms with E-state index in [1.807, 2.05) is 17.0 Å². The summed E-state index contributed by atoms with van der Waals surface area (Å²) in [6.45, 7) is 3.80. The van der Waals surface area contributed by atoms with E-state index in [2.05, 4.69) is 30.9 Å². The van der Waals surface area contributed by atoms with Crippen LogP contribution < -0.4 is 0 Å². The fourth-order valence-corrected chi connectivity index (χ4v) is 3.15. The second-order valence-corrected chi connectivity index (χ2v) is 6.67. The van der Waals surface area contributed by atoms with Gasteiger partial charge >= 0.3 is 0 Å². The number of rotatable bonds is 3. The highest BCUT2D eigenvalue weighted by molar-refractivity contribution is 9.10. The molecule has 0 N–H and O–H groups in total. The third kappa shape index (κ3) is 3.07. The number of aromatic nitrogens is 3. The van der Waals surface area contributed by atoms with Crippen molar-refractivity contribution in [1.82, 2.24) is 24.4 Å². The molecule has 0 aliphatic carbocycles. The van der Waals surface area contributed by atoms with Gasteiger partial charge in [0.15, 0.2) is 11.3 Å². The first kappa shape index (κ1) is 15.3. The fraction of sp³-hybridized carbons (Fsp3) is 0.312. The van der Waals surface area contributed by atoms with Crippen LogP contribution in [0.15, 0.2) is 45.7 Å². The number of fused-ring (bicyclic) bond motifs is 1. The SMILES string of the molecule is O=C(c1cc2ncc(Br)cn2n1)N1CCN(Cc2ccco2)CC1. The van der Waals surface area contributed by atoms with Gasteiger partial charge in [-0.05, 0) is 28.1 Å². The molecule has 4 heterocycles. The van der Waals surface area contributed by atoms with Gasteiger partial charge in [-0.1, -0.05) is 0 Å². The van der Waals surface area contributed by atoms with E-state index in [9.17, 15) is 4.79 Å². The minimum atomic E-state index is -0.0470. The lowest BCUT2D eigenvalue weighted by Gasteiger charge is -2.33. The Morgan fingerprint density at radius 1 is 1.29 bits per heavy atom. The van der Waals surface area contributed by atoms with E-state index in [-0.39, 0.29) is 5.91 Å². The van der Waals surface area contributed by atoms with Crippen LogP contribution in [0.5, 0.6) is 0 Å². The molecule has 1 aliphatic rings. The molecule has 7 nitrogen and oxygen atoms in total. The summed E-state index contributed by atoms with van der Waals surface area (Å²) in [5, 5.41) is 4.33. The Labute approximate surface area is 147 Å². The van der Waals surface area contributed by atoms with Gasteiger partial charge in [0, 0.05) is 44.6 Å². The second kappa shape index (κ2) is 6.37. The lowest BCUT2D eigenvalue weighted by Crippen LogP contribution is -2.48. The molecule has 0 unspecified atom stereocenters. The van der Waals surface area contributed by atoms with E-state index in [1.165, 1.54) is 0 Å². The van der Waals surface area contributed by atoms with Crippen LogP contribution in [-0.4, -0.2) is 56.5 Å². The molecule has 4 rings (SSSR count). The van der Waals surface area contributed by atoms with E-state index < -0.39 is 0 Å². The van der Waals surface area contributed by atoms with Gasteiger partial charge in [-0.15, -0.1) is 0 Å². The summed E-state index contributed by atoms with van der Waals surface area (Å²) in [4.78, 5) is 21.0. The molecule has 0 radical (unpaired) electrons. The molecule has 1 fully saturated rings. The van der Waals surface area contributed by atoms with Crippen molar-refractivity contribution in [1.29, 1.82) is 0 Å². The maximum Gasteiger partial charge on any atom is 0.274 e. The van der Waals surface area contributed by atoms with E-state index in [0.29, 0.717) is 24.4 Å². The van der Waals surface area contributed by atoms with Crippen molar-refractivity contribution in [2.24, 2.45) is 0 Å². The molecule has 1 aliphatic heterocycles. The molecule has 3 aromatic rings. The minimum absolute atomic E-state index is 0.0470. The Kier molecular flexibility index (Phi) is 4.07. The normalized spacial score (nSPS) is 16.0. The molecule has 0 saturated carbocycles. The topological polar surface area (TPSA) is 66.9 Å². The molecular formula is C16H16BrN5O2. The predicted molar refractivity (Wildman–Crippen MR) is 90.6 cm³/mol. The summed E-state index contributed by atoms with van der Waals surface area (Å²) in [6, 6.07) is 5.59. The Hall–Kier alpha value is -2.19. The van der Waals surface area contributed by atoms with Gasteiger partial charge in [-0.3, -0.25) is 9.69 Å². The lowest BCUT2D eigenvalue weighted by molar-refractivity contribution is 0.0614. The number of hydrogen-bond acceptors (Lipinski definition) is 5. The summed E-state index contributed by atoms with van der Waals surface area (Å²) < 4.78 is 7.82. The highest BCUT2D eigenvalue weighted by Gasteiger charge is 2.24. The van der Waals surface area contributed by atoms with Crippen molar-refractivity contribution in [2.75, 3.05) is 26.2 Å². The number of halogens is 1. The number of carbonyl (C=O) groups is 1. The number of piperazine rings is 1. The Morgan fingerprint density at radius 2 is 2.12 bits per heavy atom. The highest BCUT2D eigenvalue weighted by Crippen LogP contribution is 2.14. The van der Waals surface area contributed by atoms with Crippen LogP contribution in [0.4, 0.5) is 0 Å². The largest absolute Gasteiger partial charge is 0.468 e. The van der Waals surface area contributed by atoms with Crippen LogP contribution in [0, 0.1) is 0 Å². The van der Waals surface area contributed by atoms with E-state index in [1.54, 1.807) is 29.2 Å². The van der Waals surface area contributed by atoms with Gasteiger partial charge in [0.25, 0.3) is 5.91 Å². The molecule has 24 heavy (non-hydrogen) atoms. The number of amides is 1. The summed E-state index contributed by atoms with van der Waals surface area (Å²) in [6.07, 6.45) is 5.17. The van der Waals surface area contributed by atoms with Crippen LogP contribution >= 0.6 is 15.9 Å². The van der Waals surface area contributed by atoms with Gasteiger partial charge in [-0.2, -0.15) is 5.10 Å². The number of hydrogen-bond donors (Lipinski definition) is 0. The van der Waals surface area contributed by atoms with Crippen molar-refractivity contribution in [2.45, 2.75) is 6.54 Å². The average molecular weight is 390 g/mol. The third-order valence-electron chi connectivity index (χ3n) is 4.12. The number of furan rings is 1. The Balaban J connectivity index is 1.41. The molecule has 0 spiro atoms. The summed E-state index contributed by atoms with van der Waals surface area (Å²) >= 11 is 3.35. The van der Waals surface area contributed by atoms with Crippen LogP contribution in [0.3, 0.4) is 0 Å². The lowest BCUT2D eigenvalue weighted by atomic mass is 10.2. The highest BCUT2D eigenvalue weighted by atomic mass is 79.9. The van der Waals surface area contributed by atoms with Crippen molar-refractivity contribution in [3.05, 3.63) is 52.8 Å². The molecule has 3 aromatic heterocycles. The van der Waals surface area contributed by atoms with Crippen LogP contribution in [-0.2, 0) is 6.54 Å². The minimum Gasteiger partial charge on any atom is -0.468 e. The van der Waals surface area contributed by atoms with E-state index in [4.69, 9.17) is 4.42 Å². The standard InChI is InChI=1S/C16H16BrN5O2/c17-12-9-18-15-8-14(19-22(15)10-12)16(23)21-5-3-20(4-6-21)11-13-2-1-7-24-13/h1-2,7-10H,3-6,11H2. The zero-order valence-electron chi connectivity index (χ0n) is 12.9. The molecule has 0 atom stereocenters. The van der Waals surface area contributed by atoms with Crippen molar-refractivity contribution in [3.8, 4) is 0 Å². The van der Waals surface area contributed by atoms with E-state index >= 15 is 0 Å².